The molecule has 0 atom stereocenters. The van der Waals surface area contributed by atoms with Crippen molar-refractivity contribution in [1.29, 1.82) is 10.5 Å². The smallest absolute Gasteiger partial charge is 0.335 e. The van der Waals surface area contributed by atoms with Crippen molar-refractivity contribution in [2.75, 3.05) is 40.4 Å². The largest absolute Gasteiger partial charge is 0.478 e. The molecule has 13 nitrogen and oxygen atoms in total. The molecule has 0 unspecified atom stereocenters. The van der Waals surface area contributed by atoms with Gasteiger partial charge in [-0.15, -0.1) is 12.4 Å². The van der Waals surface area contributed by atoms with E-state index in [-0.39, 0.29) is 23.9 Å². The summed E-state index contributed by atoms with van der Waals surface area (Å²) < 4.78 is 10.1. The summed E-state index contributed by atoms with van der Waals surface area (Å²) in [7, 11) is 3.16. The van der Waals surface area contributed by atoms with E-state index in [1.807, 2.05) is 73.3 Å². The van der Waals surface area contributed by atoms with Crippen molar-refractivity contribution in [1.82, 2.24) is 30.2 Å². The third kappa shape index (κ3) is 13.1. The van der Waals surface area contributed by atoms with Crippen LogP contribution < -0.4 is 5.32 Å². The number of imidazole rings is 2. The van der Waals surface area contributed by atoms with Crippen LogP contribution in [0, 0.1) is 36.5 Å². The molecule has 8 rings (SSSR count). The number of ether oxygens (including phenoxy) is 2. The lowest BCUT2D eigenvalue weighted by Gasteiger charge is -2.32. The van der Waals surface area contributed by atoms with Gasteiger partial charge >= 0.3 is 5.97 Å². The van der Waals surface area contributed by atoms with Gasteiger partial charge in [0.2, 0.25) is 0 Å². The number of carboxylic acid groups (broad SMARTS) is 1. The highest BCUT2D eigenvalue weighted by Crippen LogP contribution is 2.33. The Morgan fingerprint density at radius 3 is 1.55 bits per heavy atom. The second-order valence-corrected chi connectivity index (χ2v) is 16.7. The summed E-state index contributed by atoms with van der Waals surface area (Å²) in [6.07, 6.45) is 4.24. The third-order valence-electron chi connectivity index (χ3n) is 11.6. The number of piperidine rings is 2. The topological polar surface area (TPSA) is 193 Å². The molecule has 2 saturated heterocycles. The van der Waals surface area contributed by atoms with E-state index in [1.54, 1.807) is 32.4 Å². The Labute approximate surface area is 401 Å². The number of likely N-dealkylation sites (tertiary alicyclic amines) is 1. The number of aromatic carboxylic acids is 1. The number of H-pyrrole nitrogens is 2. The minimum absolute atomic E-state index is 0. The maximum atomic E-state index is 13.2. The van der Waals surface area contributed by atoms with Gasteiger partial charge in [-0.3, -0.25) is 4.79 Å². The zero-order valence-corrected chi connectivity index (χ0v) is 39.6. The molecule has 16 heteroatoms. The maximum Gasteiger partial charge on any atom is 0.335 e. The van der Waals surface area contributed by atoms with Crippen LogP contribution in [-0.2, 0) is 22.7 Å². The Kier molecular flexibility index (Phi) is 18.9. The number of hydrogen-bond donors (Lipinski definition) is 4. The van der Waals surface area contributed by atoms with Gasteiger partial charge in [-0.1, -0.05) is 59.6 Å². The monoisotopic (exact) mass is 950 g/mol. The first-order valence-corrected chi connectivity index (χ1v) is 22.1. The van der Waals surface area contributed by atoms with Gasteiger partial charge < -0.3 is 34.8 Å². The SMILES string of the molecule is COCc1nc(-c2cc(C(=O)N3CCC(c4ccc(C#N)cc4)CC3)ccc2C)c(Cl)[nH]1.COCc1nc(-c2cc(C(=O)O)ccc2C)c(Cl)[nH]1.Cl.N#Cc1ccc(C2CCNCC2)cc1. The number of nitrogens with zero attached hydrogens (tertiary/aromatic N) is 5. The minimum Gasteiger partial charge on any atom is -0.478 e. The lowest BCUT2D eigenvalue weighted by Crippen LogP contribution is -2.37. The van der Waals surface area contributed by atoms with Gasteiger partial charge in [-0.2, -0.15) is 10.5 Å². The van der Waals surface area contributed by atoms with Crippen LogP contribution in [0.3, 0.4) is 0 Å². The van der Waals surface area contributed by atoms with Gasteiger partial charge in [0.05, 0.1) is 28.8 Å². The fraction of sp³-hybridized carbons (Fsp3) is 0.320. The molecule has 0 radical (unpaired) electrons. The Hall–Kier alpha value is -6.03. The fourth-order valence-electron chi connectivity index (χ4n) is 8.00. The number of carbonyl (C=O) groups is 2. The van der Waals surface area contributed by atoms with Crippen LogP contribution in [0.25, 0.3) is 22.5 Å². The number of carbonyl (C=O) groups excluding carboxylic acids is 1. The fourth-order valence-corrected chi connectivity index (χ4v) is 8.50. The Morgan fingerprint density at radius 1 is 0.697 bits per heavy atom. The molecule has 66 heavy (non-hydrogen) atoms. The van der Waals surface area contributed by atoms with Crippen LogP contribution in [0.15, 0.2) is 84.9 Å². The van der Waals surface area contributed by atoms with E-state index in [2.05, 4.69) is 49.5 Å². The summed E-state index contributed by atoms with van der Waals surface area (Å²) in [5.41, 5.74) is 9.48. The van der Waals surface area contributed by atoms with Crippen LogP contribution in [0.5, 0.6) is 0 Å². The number of nitriles is 2. The van der Waals surface area contributed by atoms with Crippen LogP contribution in [-0.4, -0.2) is 82.2 Å². The van der Waals surface area contributed by atoms with Crippen LogP contribution in [0.2, 0.25) is 10.3 Å². The molecule has 6 aromatic rings. The number of methoxy groups -OCH3 is 2. The zero-order valence-electron chi connectivity index (χ0n) is 37.3. The van der Waals surface area contributed by atoms with Gasteiger partial charge in [-0.05, 0) is 135 Å². The number of aromatic amines is 2. The highest BCUT2D eigenvalue weighted by atomic mass is 35.5. The molecule has 2 aromatic heterocycles. The number of halogens is 3. The van der Waals surface area contributed by atoms with Gasteiger partial charge in [0.1, 0.15) is 46.6 Å². The Bertz CT molecular complexity index is 2660. The van der Waals surface area contributed by atoms with E-state index in [4.69, 9.17) is 48.3 Å². The second-order valence-electron chi connectivity index (χ2n) is 16.0. The first-order chi connectivity index (χ1) is 31.4. The molecule has 2 aliphatic heterocycles. The summed E-state index contributed by atoms with van der Waals surface area (Å²) in [6.45, 7) is 8.15. The number of aromatic nitrogens is 4. The van der Waals surface area contributed by atoms with E-state index in [0.29, 0.717) is 88.2 Å². The van der Waals surface area contributed by atoms with E-state index in [9.17, 15) is 9.59 Å². The Morgan fingerprint density at radius 2 is 1.12 bits per heavy atom. The average Bonchev–Trinajstić information content (AvgIpc) is 3.89. The Balaban J connectivity index is 0.000000203. The summed E-state index contributed by atoms with van der Waals surface area (Å²) >= 11 is 12.5. The molecule has 0 bridgehead atoms. The number of rotatable bonds is 10. The normalized spacial score (nSPS) is 13.8. The first kappa shape index (κ1) is 51.0. The minimum atomic E-state index is -0.981. The second kappa shape index (κ2) is 24.5. The number of benzene rings is 4. The van der Waals surface area contributed by atoms with Gasteiger partial charge in [-0.25, -0.2) is 14.8 Å². The van der Waals surface area contributed by atoms with E-state index >= 15 is 0 Å². The number of amides is 1. The quantitative estimate of drug-likeness (QED) is 0.103. The van der Waals surface area contributed by atoms with Gasteiger partial charge in [0.25, 0.3) is 5.91 Å². The number of nitrogens with one attached hydrogen (secondary N) is 3. The van der Waals surface area contributed by atoms with Crippen LogP contribution >= 0.6 is 35.6 Å². The molecule has 0 aliphatic carbocycles. The van der Waals surface area contributed by atoms with Crippen LogP contribution in [0.1, 0.15) is 103 Å². The summed E-state index contributed by atoms with van der Waals surface area (Å²) in [4.78, 5) is 40.9. The van der Waals surface area contributed by atoms with Crippen molar-refractivity contribution in [3.8, 4) is 34.7 Å². The van der Waals surface area contributed by atoms with Crippen molar-refractivity contribution >= 4 is 47.5 Å². The summed E-state index contributed by atoms with van der Waals surface area (Å²) in [5.74, 6) is 1.38. The van der Waals surface area contributed by atoms with Gasteiger partial charge in [0, 0.05) is 44.0 Å². The van der Waals surface area contributed by atoms with Crippen molar-refractivity contribution in [2.45, 2.75) is 64.6 Å². The molecule has 1 amide bonds. The molecule has 4 aromatic carbocycles. The maximum absolute atomic E-state index is 13.2. The molecule has 4 N–H and O–H groups in total. The predicted molar refractivity (Wildman–Crippen MR) is 258 cm³/mol. The first-order valence-electron chi connectivity index (χ1n) is 21.3. The van der Waals surface area contributed by atoms with Crippen LogP contribution in [0.4, 0.5) is 0 Å². The molecule has 2 fully saturated rings. The standard InChI is InChI=1S/C25H25ClN4O2.C13H13ClN2O3.C12H14N2.ClH/c1-16-3-6-20(13-21(16)23-24(26)29-22(28-23)15-32-2)25(31)30-11-9-19(10-12-30)18-7-4-17(14-27)5-8-18;1-7-3-4-8(13(17)18)5-9(7)11-12(14)16-10(15-11)6-19-2;13-9-10-1-3-11(4-2-10)12-5-7-14-8-6-12;/h3-8,13,19H,9-12,15H2,1-2H3,(H,28,29);3-5H,6H2,1-2H3,(H,15,16)(H,17,18);1-4,12,14H,5-8H2;1H. The lowest BCUT2D eigenvalue weighted by molar-refractivity contribution is 0.0693. The van der Waals surface area contributed by atoms with Crippen molar-refractivity contribution in [3.63, 3.8) is 0 Å². The molecular weight excluding hydrogens is 899 g/mol. The molecule has 0 saturated carbocycles. The van der Waals surface area contributed by atoms with Gasteiger partial charge in [0.15, 0.2) is 0 Å². The van der Waals surface area contributed by atoms with E-state index in [1.165, 1.54) is 24.0 Å². The molecule has 0 spiro atoms. The summed E-state index contributed by atoms with van der Waals surface area (Å²) in [6, 6.07) is 30.6. The number of hydrogen-bond acceptors (Lipinski definition) is 9. The summed E-state index contributed by atoms with van der Waals surface area (Å²) in [5, 5.41) is 30.8. The molecule has 2 aliphatic rings. The van der Waals surface area contributed by atoms with E-state index in [0.717, 1.165) is 48.2 Å². The van der Waals surface area contributed by atoms with E-state index < -0.39 is 5.97 Å². The molecule has 4 heterocycles. The molecule has 344 valence electrons. The zero-order chi connectivity index (χ0) is 46.5. The van der Waals surface area contributed by atoms with Crippen molar-refractivity contribution in [3.05, 3.63) is 151 Å². The third-order valence-corrected chi connectivity index (χ3v) is 12.1. The highest BCUT2D eigenvalue weighted by Gasteiger charge is 2.26. The van der Waals surface area contributed by atoms with Crippen molar-refractivity contribution in [2.24, 2.45) is 0 Å². The highest BCUT2D eigenvalue weighted by molar-refractivity contribution is 6.32. The van der Waals surface area contributed by atoms with Crippen molar-refractivity contribution < 1.29 is 24.2 Å². The number of carboxylic acids is 1. The predicted octanol–water partition coefficient (Wildman–Crippen LogP) is 10.4. The average molecular weight is 952 g/mol. The molecular formula is C50H53Cl3N8O5. The lowest BCUT2D eigenvalue weighted by atomic mass is 9.88. The number of aryl methyl sites for hydroxylation is 2.